The van der Waals surface area contributed by atoms with E-state index in [-0.39, 0.29) is 37.1 Å². The predicted molar refractivity (Wildman–Crippen MR) is 134 cm³/mol. The average molecular weight is 493 g/mol. The van der Waals surface area contributed by atoms with Gasteiger partial charge in [0.1, 0.15) is 5.54 Å². The zero-order valence-electron chi connectivity index (χ0n) is 21.0. The Balaban J connectivity index is 1.28. The molecule has 1 N–H and O–H groups in total. The van der Waals surface area contributed by atoms with Crippen LogP contribution >= 0.6 is 0 Å². The highest BCUT2D eigenvalue weighted by atomic mass is 16.7. The van der Waals surface area contributed by atoms with E-state index < -0.39 is 5.54 Å². The molecule has 3 aliphatic rings. The van der Waals surface area contributed by atoms with Crippen LogP contribution in [0.1, 0.15) is 42.1 Å². The minimum Gasteiger partial charge on any atom is -0.454 e. The molecule has 0 saturated carbocycles. The average Bonchev–Trinajstić information content (AvgIpc) is 3.46. The summed E-state index contributed by atoms with van der Waals surface area (Å²) in [5.41, 5.74) is 1.40. The number of benzene rings is 2. The summed E-state index contributed by atoms with van der Waals surface area (Å²) in [4.78, 5) is 45.0. The van der Waals surface area contributed by atoms with Crippen LogP contribution in [0.15, 0.2) is 42.5 Å². The van der Waals surface area contributed by atoms with Gasteiger partial charge >= 0.3 is 6.03 Å². The third-order valence-corrected chi connectivity index (χ3v) is 7.63. The minimum absolute atomic E-state index is 0.00508. The first-order valence-corrected chi connectivity index (χ1v) is 12.4. The smallest absolute Gasteiger partial charge is 0.325 e. The van der Waals surface area contributed by atoms with E-state index in [0.717, 1.165) is 11.3 Å². The van der Waals surface area contributed by atoms with Gasteiger partial charge in [0.15, 0.2) is 11.5 Å². The molecule has 0 radical (unpaired) electrons. The highest BCUT2D eigenvalue weighted by Crippen LogP contribution is 2.38. The molecule has 0 aromatic heterocycles. The number of carbonyl (C=O) groups is 3. The van der Waals surface area contributed by atoms with Gasteiger partial charge in [-0.3, -0.25) is 14.5 Å². The summed E-state index contributed by atoms with van der Waals surface area (Å²) in [6.45, 7) is 3.36. The number of nitrogens with one attached hydrogen (secondary N) is 1. The fraction of sp³-hybridized carbons (Fsp3) is 0.444. The number of hydrogen-bond donors (Lipinski definition) is 1. The fourth-order valence-electron chi connectivity index (χ4n) is 5.61. The number of amides is 4. The van der Waals surface area contributed by atoms with Crippen molar-refractivity contribution < 1.29 is 23.9 Å². The molecule has 4 amide bonds. The number of urea groups is 1. The number of imide groups is 1. The van der Waals surface area contributed by atoms with E-state index in [9.17, 15) is 14.4 Å². The first-order chi connectivity index (χ1) is 17.3. The van der Waals surface area contributed by atoms with E-state index in [2.05, 4.69) is 5.32 Å². The van der Waals surface area contributed by atoms with Crippen LogP contribution in [0.4, 0.5) is 10.5 Å². The molecule has 190 valence electrons. The Morgan fingerprint density at radius 1 is 1.08 bits per heavy atom. The van der Waals surface area contributed by atoms with E-state index >= 15 is 0 Å². The molecule has 0 unspecified atom stereocenters. The second kappa shape index (κ2) is 9.37. The number of para-hydroxylation sites is 1. The van der Waals surface area contributed by atoms with Crippen LogP contribution in [-0.2, 0) is 11.3 Å². The second-order valence-electron chi connectivity index (χ2n) is 9.81. The molecule has 0 spiro atoms. The molecule has 0 bridgehead atoms. The van der Waals surface area contributed by atoms with Crippen LogP contribution in [0.25, 0.3) is 0 Å². The standard InChI is InChI=1S/C27H32N4O5/c1-4-27(19-11-13-30(14-12-19)24(32)20-7-5-6-8-21(20)29(2)3)25(33)31(26(34)28-27)16-18-9-10-22-23(15-18)36-17-35-22/h5-10,15,19H,4,11-14,16-17H2,1-3H3,(H,28,34)/t27-/m0/s1. The summed E-state index contributed by atoms with van der Waals surface area (Å²) in [5.74, 6) is 1.03. The summed E-state index contributed by atoms with van der Waals surface area (Å²) in [6.07, 6.45) is 1.79. The zero-order valence-corrected chi connectivity index (χ0v) is 21.0. The maximum atomic E-state index is 13.7. The van der Waals surface area contributed by atoms with Gasteiger partial charge in [0, 0.05) is 32.9 Å². The molecule has 3 aliphatic heterocycles. The maximum Gasteiger partial charge on any atom is 0.325 e. The summed E-state index contributed by atoms with van der Waals surface area (Å²) in [6, 6.07) is 12.7. The van der Waals surface area contributed by atoms with Crippen molar-refractivity contribution in [2.45, 2.75) is 38.3 Å². The van der Waals surface area contributed by atoms with Crippen molar-refractivity contribution in [1.82, 2.24) is 15.1 Å². The molecule has 9 heteroatoms. The van der Waals surface area contributed by atoms with Crippen molar-refractivity contribution in [3.8, 4) is 11.5 Å². The van der Waals surface area contributed by atoms with Crippen molar-refractivity contribution in [1.29, 1.82) is 0 Å². The number of likely N-dealkylation sites (tertiary alicyclic amines) is 1. The lowest BCUT2D eigenvalue weighted by Crippen LogP contribution is -2.56. The first kappa shape index (κ1) is 24.0. The Morgan fingerprint density at radius 2 is 1.81 bits per heavy atom. The quantitative estimate of drug-likeness (QED) is 0.623. The number of hydrogen-bond acceptors (Lipinski definition) is 6. The van der Waals surface area contributed by atoms with Gasteiger partial charge < -0.3 is 24.6 Å². The number of anilines is 1. The lowest BCUT2D eigenvalue weighted by atomic mass is 9.75. The van der Waals surface area contributed by atoms with Gasteiger partial charge in [-0.2, -0.15) is 0 Å². The van der Waals surface area contributed by atoms with Crippen LogP contribution in [0.5, 0.6) is 11.5 Å². The van der Waals surface area contributed by atoms with Gasteiger partial charge in [-0.25, -0.2) is 4.79 Å². The van der Waals surface area contributed by atoms with Crippen molar-refractivity contribution in [2.24, 2.45) is 5.92 Å². The molecule has 3 heterocycles. The number of ether oxygens (including phenoxy) is 2. The molecule has 5 rings (SSSR count). The molecular weight excluding hydrogens is 460 g/mol. The Morgan fingerprint density at radius 3 is 2.53 bits per heavy atom. The monoisotopic (exact) mass is 492 g/mol. The molecular formula is C27H32N4O5. The van der Waals surface area contributed by atoms with Crippen molar-refractivity contribution in [2.75, 3.05) is 38.9 Å². The molecule has 0 aliphatic carbocycles. The van der Waals surface area contributed by atoms with Crippen molar-refractivity contribution in [3.63, 3.8) is 0 Å². The summed E-state index contributed by atoms with van der Waals surface area (Å²) in [5, 5.41) is 3.03. The van der Waals surface area contributed by atoms with Gasteiger partial charge in [-0.15, -0.1) is 0 Å². The van der Waals surface area contributed by atoms with Gasteiger partial charge in [-0.1, -0.05) is 25.1 Å². The molecule has 2 saturated heterocycles. The van der Waals surface area contributed by atoms with E-state index in [1.807, 2.05) is 67.2 Å². The van der Waals surface area contributed by atoms with Gasteiger partial charge in [0.05, 0.1) is 12.1 Å². The van der Waals surface area contributed by atoms with Gasteiger partial charge in [0.25, 0.3) is 11.8 Å². The van der Waals surface area contributed by atoms with Gasteiger partial charge in [0.2, 0.25) is 6.79 Å². The lowest BCUT2D eigenvalue weighted by molar-refractivity contribution is -0.134. The molecule has 2 fully saturated rings. The zero-order chi connectivity index (χ0) is 25.4. The Kier molecular flexibility index (Phi) is 6.24. The predicted octanol–water partition coefficient (Wildman–Crippen LogP) is 3.23. The van der Waals surface area contributed by atoms with Crippen LogP contribution in [0.2, 0.25) is 0 Å². The summed E-state index contributed by atoms with van der Waals surface area (Å²) >= 11 is 0. The maximum absolute atomic E-state index is 13.7. The van der Waals surface area contributed by atoms with Crippen LogP contribution in [-0.4, -0.2) is 67.2 Å². The molecule has 36 heavy (non-hydrogen) atoms. The van der Waals surface area contributed by atoms with Crippen molar-refractivity contribution >= 4 is 23.5 Å². The molecule has 1 atom stereocenters. The van der Waals surface area contributed by atoms with Gasteiger partial charge in [-0.05, 0) is 55.0 Å². The number of piperidine rings is 1. The third-order valence-electron chi connectivity index (χ3n) is 7.63. The lowest BCUT2D eigenvalue weighted by Gasteiger charge is -2.40. The highest BCUT2D eigenvalue weighted by molar-refractivity contribution is 6.07. The number of carbonyl (C=O) groups excluding carboxylic acids is 3. The summed E-state index contributed by atoms with van der Waals surface area (Å²) < 4.78 is 10.8. The fourth-order valence-corrected chi connectivity index (χ4v) is 5.61. The molecule has 9 nitrogen and oxygen atoms in total. The van der Waals surface area contributed by atoms with E-state index in [1.54, 1.807) is 6.07 Å². The van der Waals surface area contributed by atoms with Crippen LogP contribution in [0.3, 0.4) is 0 Å². The Hall–Kier alpha value is -3.75. The number of rotatable bonds is 6. The SMILES string of the molecule is CC[C@@]1(C2CCN(C(=O)c3ccccc3N(C)C)CC2)NC(=O)N(Cc2ccc3c(c2)OCO3)C1=O. The largest absolute Gasteiger partial charge is 0.454 e. The topological polar surface area (TPSA) is 91.4 Å². The molecule has 2 aromatic carbocycles. The Bertz CT molecular complexity index is 1190. The minimum atomic E-state index is -0.954. The Labute approximate surface area is 210 Å². The first-order valence-electron chi connectivity index (χ1n) is 12.4. The number of fused-ring (bicyclic) bond motifs is 1. The third kappa shape index (κ3) is 4.02. The van der Waals surface area contributed by atoms with Crippen LogP contribution < -0.4 is 19.7 Å². The second-order valence-corrected chi connectivity index (χ2v) is 9.81. The van der Waals surface area contributed by atoms with E-state index in [0.29, 0.717) is 49.4 Å². The summed E-state index contributed by atoms with van der Waals surface area (Å²) in [7, 11) is 3.85. The van der Waals surface area contributed by atoms with E-state index in [4.69, 9.17) is 9.47 Å². The number of nitrogens with zero attached hydrogens (tertiary/aromatic N) is 3. The highest BCUT2D eigenvalue weighted by Gasteiger charge is 2.55. The van der Waals surface area contributed by atoms with Crippen LogP contribution in [0, 0.1) is 5.92 Å². The molecule has 2 aromatic rings. The normalized spacial score (nSPS) is 21.6. The van der Waals surface area contributed by atoms with Crippen molar-refractivity contribution in [3.05, 3.63) is 53.6 Å². The van der Waals surface area contributed by atoms with E-state index in [1.165, 1.54) is 4.90 Å².